The van der Waals surface area contributed by atoms with Gasteiger partial charge in [0, 0.05) is 17.1 Å². The van der Waals surface area contributed by atoms with Gasteiger partial charge in [-0.1, -0.05) is 41.9 Å². The van der Waals surface area contributed by atoms with Crippen molar-refractivity contribution in [3.05, 3.63) is 77.1 Å². The second kappa shape index (κ2) is 9.06. The molecule has 134 valence electrons. The molecule has 3 aromatic rings. The van der Waals surface area contributed by atoms with E-state index in [0.717, 1.165) is 29.3 Å². The number of nitrogens with zero attached hydrogens (tertiary/aromatic N) is 2. The maximum atomic E-state index is 6.02. The summed E-state index contributed by atoms with van der Waals surface area (Å²) in [5, 5.41) is 7.21. The van der Waals surface area contributed by atoms with Gasteiger partial charge in [0.1, 0.15) is 6.26 Å². The number of nitrogens with one attached hydrogen (secondary N) is 2. The molecule has 0 unspecified atom stereocenters. The average molecular weight is 369 g/mol. The van der Waals surface area contributed by atoms with Gasteiger partial charge < -0.3 is 15.1 Å². The van der Waals surface area contributed by atoms with Crippen LogP contribution < -0.4 is 10.6 Å². The van der Waals surface area contributed by atoms with Gasteiger partial charge in [-0.05, 0) is 36.8 Å². The molecule has 0 aliphatic rings. The number of oxazole rings is 1. The SMILES string of the molecule is CCNC(=NCc1cccc(Cl)c1)NCc1coc(-c2ccccc2)n1. The van der Waals surface area contributed by atoms with Gasteiger partial charge in [-0.2, -0.15) is 0 Å². The Bertz CT molecular complexity index is 861. The van der Waals surface area contributed by atoms with E-state index in [-0.39, 0.29) is 0 Å². The van der Waals surface area contributed by atoms with Crippen molar-refractivity contribution >= 4 is 17.6 Å². The Balaban J connectivity index is 1.62. The van der Waals surface area contributed by atoms with E-state index >= 15 is 0 Å². The first-order chi connectivity index (χ1) is 12.7. The highest BCUT2D eigenvalue weighted by molar-refractivity contribution is 6.30. The molecule has 1 heterocycles. The summed E-state index contributed by atoms with van der Waals surface area (Å²) >= 11 is 6.02. The van der Waals surface area contributed by atoms with Crippen LogP contribution in [0.1, 0.15) is 18.2 Å². The van der Waals surface area contributed by atoms with Crippen molar-refractivity contribution in [3.8, 4) is 11.5 Å². The van der Waals surface area contributed by atoms with Crippen LogP contribution in [-0.2, 0) is 13.1 Å². The number of hydrogen-bond acceptors (Lipinski definition) is 3. The molecule has 0 spiro atoms. The molecule has 2 N–H and O–H groups in total. The van der Waals surface area contributed by atoms with Crippen LogP contribution in [-0.4, -0.2) is 17.5 Å². The average Bonchev–Trinajstić information content (AvgIpc) is 3.14. The van der Waals surface area contributed by atoms with Crippen LogP contribution in [0, 0.1) is 0 Å². The van der Waals surface area contributed by atoms with Crippen molar-refractivity contribution < 1.29 is 4.42 Å². The Morgan fingerprint density at radius 1 is 1.12 bits per heavy atom. The van der Waals surface area contributed by atoms with Crippen molar-refractivity contribution in [3.63, 3.8) is 0 Å². The fraction of sp³-hybridized carbons (Fsp3) is 0.200. The highest BCUT2D eigenvalue weighted by Crippen LogP contribution is 2.17. The molecule has 5 nitrogen and oxygen atoms in total. The lowest BCUT2D eigenvalue weighted by Gasteiger charge is -2.10. The van der Waals surface area contributed by atoms with Gasteiger partial charge in [0.05, 0.1) is 18.8 Å². The van der Waals surface area contributed by atoms with Crippen LogP contribution in [0.3, 0.4) is 0 Å². The molecule has 6 heteroatoms. The maximum Gasteiger partial charge on any atom is 0.226 e. The van der Waals surface area contributed by atoms with Gasteiger partial charge in [-0.3, -0.25) is 0 Å². The third-order valence-electron chi connectivity index (χ3n) is 3.66. The number of rotatable bonds is 6. The molecule has 3 rings (SSSR count). The summed E-state index contributed by atoms with van der Waals surface area (Å²) in [6.07, 6.45) is 1.66. The van der Waals surface area contributed by atoms with E-state index in [0.29, 0.717) is 24.0 Å². The fourth-order valence-corrected chi connectivity index (χ4v) is 2.64. The Morgan fingerprint density at radius 3 is 2.73 bits per heavy atom. The largest absolute Gasteiger partial charge is 0.444 e. The minimum Gasteiger partial charge on any atom is -0.444 e. The third kappa shape index (κ3) is 5.10. The summed E-state index contributed by atoms with van der Waals surface area (Å²) < 4.78 is 5.56. The lowest BCUT2D eigenvalue weighted by molar-refractivity contribution is 0.572. The highest BCUT2D eigenvalue weighted by Gasteiger charge is 2.07. The molecule has 26 heavy (non-hydrogen) atoms. The molecule has 0 radical (unpaired) electrons. The molecule has 0 fully saturated rings. The Morgan fingerprint density at radius 2 is 1.96 bits per heavy atom. The first-order valence-electron chi connectivity index (χ1n) is 8.51. The van der Waals surface area contributed by atoms with E-state index in [1.165, 1.54) is 0 Å². The van der Waals surface area contributed by atoms with Crippen LogP contribution in [0.25, 0.3) is 11.5 Å². The van der Waals surface area contributed by atoms with Crippen molar-refractivity contribution in [2.24, 2.45) is 4.99 Å². The van der Waals surface area contributed by atoms with Gasteiger partial charge >= 0.3 is 0 Å². The van der Waals surface area contributed by atoms with E-state index in [4.69, 9.17) is 16.0 Å². The highest BCUT2D eigenvalue weighted by atomic mass is 35.5. The smallest absolute Gasteiger partial charge is 0.226 e. The predicted molar refractivity (Wildman–Crippen MR) is 105 cm³/mol. The predicted octanol–water partition coefficient (Wildman–Crippen LogP) is 4.25. The Hall–Kier alpha value is -2.79. The van der Waals surface area contributed by atoms with Gasteiger partial charge in [-0.25, -0.2) is 9.98 Å². The van der Waals surface area contributed by atoms with E-state index in [1.807, 2.05) is 61.5 Å². The summed E-state index contributed by atoms with van der Waals surface area (Å²) in [4.78, 5) is 9.10. The summed E-state index contributed by atoms with van der Waals surface area (Å²) in [6.45, 7) is 3.87. The van der Waals surface area contributed by atoms with Crippen LogP contribution in [0.5, 0.6) is 0 Å². The number of benzene rings is 2. The lowest BCUT2D eigenvalue weighted by Crippen LogP contribution is -2.36. The zero-order valence-corrected chi connectivity index (χ0v) is 15.3. The fourth-order valence-electron chi connectivity index (χ4n) is 2.42. The maximum absolute atomic E-state index is 6.02. The van der Waals surface area contributed by atoms with Gasteiger partial charge in [-0.15, -0.1) is 0 Å². The number of guanidine groups is 1. The molecule has 0 saturated heterocycles. The number of aliphatic imine (C=N–C) groups is 1. The summed E-state index contributed by atoms with van der Waals surface area (Å²) in [6, 6.07) is 17.5. The minimum atomic E-state index is 0.526. The summed E-state index contributed by atoms with van der Waals surface area (Å²) in [5.41, 5.74) is 2.83. The minimum absolute atomic E-state index is 0.526. The molecular weight excluding hydrogens is 348 g/mol. The van der Waals surface area contributed by atoms with E-state index in [2.05, 4.69) is 20.6 Å². The zero-order valence-electron chi connectivity index (χ0n) is 14.6. The monoisotopic (exact) mass is 368 g/mol. The Kier molecular flexibility index (Phi) is 6.28. The van der Waals surface area contributed by atoms with Crippen molar-refractivity contribution in [2.45, 2.75) is 20.0 Å². The van der Waals surface area contributed by atoms with Gasteiger partial charge in [0.25, 0.3) is 0 Å². The third-order valence-corrected chi connectivity index (χ3v) is 3.90. The van der Waals surface area contributed by atoms with E-state index in [1.54, 1.807) is 6.26 Å². The van der Waals surface area contributed by atoms with Crippen LogP contribution in [0.15, 0.2) is 70.3 Å². The van der Waals surface area contributed by atoms with E-state index in [9.17, 15) is 0 Å². The molecule has 0 amide bonds. The second-order valence-electron chi connectivity index (χ2n) is 5.69. The quantitative estimate of drug-likeness (QED) is 0.504. The van der Waals surface area contributed by atoms with E-state index < -0.39 is 0 Å². The molecule has 0 atom stereocenters. The molecule has 2 aromatic carbocycles. The van der Waals surface area contributed by atoms with Gasteiger partial charge in [0.2, 0.25) is 5.89 Å². The summed E-state index contributed by atoms with van der Waals surface area (Å²) in [7, 11) is 0. The first kappa shape index (κ1) is 18.0. The first-order valence-corrected chi connectivity index (χ1v) is 8.89. The molecule has 0 aliphatic carbocycles. The summed E-state index contributed by atoms with van der Waals surface area (Å²) in [5.74, 6) is 1.33. The van der Waals surface area contributed by atoms with Crippen LogP contribution in [0.4, 0.5) is 0 Å². The van der Waals surface area contributed by atoms with Crippen LogP contribution in [0.2, 0.25) is 5.02 Å². The molecular formula is C20H21ClN4O. The van der Waals surface area contributed by atoms with Gasteiger partial charge in [0.15, 0.2) is 5.96 Å². The topological polar surface area (TPSA) is 62.5 Å². The molecule has 0 aliphatic heterocycles. The van der Waals surface area contributed by atoms with Crippen molar-refractivity contribution in [2.75, 3.05) is 6.54 Å². The van der Waals surface area contributed by atoms with Crippen molar-refractivity contribution in [1.82, 2.24) is 15.6 Å². The van der Waals surface area contributed by atoms with Crippen LogP contribution >= 0.6 is 11.6 Å². The standard InChI is InChI=1S/C20H21ClN4O/c1-2-22-20(23-12-15-7-6-10-17(21)11-15)24-13-18-14-26-19(25-18)16-8-4-3-5-9-16/h3-11,14H,2,12-13H2,1H3,(H2,22,23,24). The number of aromatic nitrogens is 1. The second-order valence-corrected chi connectivity index (χ2v) is 6.13. The lowest BCUT2D eigenvalue weighted by atomic mass is 10.2. The number of halogens is 1. The molecule has 0 bridgehead atoms. The molecule has 0 saturated carbocycles. The zero-order chi connectivity index (χ0) is 18.2. The normalized spacial score (nSPS) is 11.4. The Labute approximate surface area is 158 Å². The van der Waals surface area contributed by atoms with Crippen molar-refractivity contribution in [1.29, 1.82) is 0 Å². The number of hydrogen-bond donors (Lipinski definition) is 2. The molecule has 1 aromatic heterocycles.